The van der Waals surface area contributed by atoms with Crippen molar-refractivity contribution in [3.63, 3.8) is 0 Å². The highest BCUT2D eigenvalue weighted by Crippen LogP contribution is 2.65. The zero-order valence-electron chi connectivity index (χ0n) is 26.8. The molecule has 3 amide bonds. The summed E-state index contributed by atoms with van der Waals surface area (Å²) in [5.41, 5.74) is -6.68. The second-order valence-electron chi connectivity index (χ2n) is 14.2. The first-order chi connectivity index (χ1) is 22.1. The van der Waals surface area contributed by atoms with Gasteiger partial charge in [0.05, 0.1) is 6.04 Å². The van der Waals surface area contributed by atoms with E-state index in [0.29, 0.717) is 29.1 Å². The zero-order valence-corrected chi connectivity index (χ0v) is 28.4. The lowest BCUT2D eigenvalue weighted by atomic mass is 9.86. The number of halogens is 4. The number of hydrogen-bond donors (Lipinski definition) is 3. The molecule has 1 aromatic heterocycles. The topological polar surface area (TPSA) is 177 Å². The van der Waals surface area contributed by atoms with Crippen LogP contribution >= 0.6 is 11.6 Å². The van der Waals surface area contributed by atoms with Crippen LogP contribution in [0, 0.1) is 28.6 Å². The van der Waals surface area contributed by atoms with Crippen molar-refractivity contribution in [3.05, 3.63) is 23.2 Å². The molecule has 0 radical (unpaired) electrons. The Morgan fingerprint density at radius 1 is 1.23 bits per heavy atom. The maximum Gasteiger partial charge on any atom is 0.511 e. The SMILES string of the molecule is CC(C)(C)[C@H](NS(=O)(=O)C(F)(F)F)C(=O)N1C[C@H]2[C@@H]([C@H]1C(=O)N[C@@H](C[C@@H]1CCNC1=O)C(=O)COc1nc3cc(Cl)ccc3o1)C2(C)C. The van der Waals surface area contributed by atoms with E-state index in [1.165, 1.54) is 31.6 Å². The van der Waals surface area contributed by atoms with Gasteiger partial charge in [-0.2, -0.15) is 22.9 Å². The highest BCUT2D eigenvalue weighted by Gasteiger charge is 2.70. The number of likely N-dealkylation sites (tertiary alicyclic amines) is 1. The smallest absolute Gasteiger partial charge is 0.442 e. The number of benzene rings is 1. The molecule has 3 heterocycles. The monoisotopic (exact) mass is 719 g/mol. The number of carbonyl (C=O) groups is 4. The van der Waals surface area contributed by atoms with Crippen molar-refractivity contribution in [2.75, 3.05) is 19.7 Å². The molecule has 1 aromatic carbocycles. The third-order valence-corrected chi connectivity index (χ3v) is 10.9. The van der Waals surface area contributed by atoms with Gasteiger partial charge in [0.2, 0.25) is 17.7 Å². The number of hydrogen-bond acceptors (Lipinski definition) is 9. The lowest BCUT2D eigenvalue weighted by Crippen LogP contribution is -2.61. The number of Topliss-reactive ketones (excluding diaryl/α,β-unsaturated/α-hetero) is 1. The van der Waals surface area contributed by atoms with Gasteiger partial charge in [-0.05, 0) is 53.7 Å². The van der Waals surface area contributed by atoms with E-state index >= 15 is 0 Å². The average Bonchev–Trinajstić information content (AvgIpc) is 3.46. The Morgan fingerprint density at radius 2 is 1.92 bits per heavy atom. The second-order valence-corrected chi connectivity index (χ2v) is 16.3. The fraction of sp³-hybridized carbons (Fsp3) is 0.633. The van der Waals surface area contributed by atoms with Gasteiger partial charge < -0.3 is 24.7 Å². The molecule has 1 saturated carbocycles. The minimum absolute atomic E-state index is 0.0105. The van der Waals surface area contributed by atoms with Crippen molar-refractivity contribution in [2.45, 2.75) is 71.1 Å². The van der Waals surface area contributed by atoms with E-state index in [4.69, 9.17) is 20.8 Å². The summed E-state index contributed by atoms with van der Waals surface area (Å²) in [4.78, 5) is 59.1. The fourth-order valence-electron chi connectivity index (χ4n) is 6.66. The molecule has 3 fully saturated rings. The largest absolute Gasteiger partial charge is 0.511 e. The molecular formula is C30H37ClF3N5O8S. The molecule has 13 nitrogen and oxygen atoms in total. The van der Waals surface area contributed by atoms with Crippen LogP contribution in [-0.4, -0.2) is 85.1 Å². The summed E-state index contributed by atoms with van der Waals surface area (Å²) >= 11 is 5.99. The highest BCUT2D eigenvalue weighted by molar-refractivity contribution is 7.90. The maximum atomic E-state index is 14.0. The number of amides is 3. The Bertz CT molecular complexity index is 1740. The molecule has 18 heteroatoms. The molecule has 1 aliphatic carbocycles. The van der Waals surface area contributed by atoms with Crippen molar-refractivity contribution >= 4 is 56.2 Å². The fourth-order valence-corrected chi connectivity index (χ4v) is 7.72. The number of piperidine rings is 1. The first-order valence-corrected chi connectivity index (χ1v) is 17.2. The number of ketones is 1. The number of nitrogens with zero attached hydrogens (tertiary/aromatic N) is 2. The molecule has 0 unspecified atom stereocenters. The molecule has 2 saturated heterocycles. The second kappa shape index (κ2) is 12.5. The van der Waals surface area contributed by atoms with Gasteiger partial charge in [0, 0.05) is 24.0 Å². The first kappa shape index (κ1) is 35.9. The lowest BCUT2D eigenvalue weighted by molar-refractivity contribution is -0.144. The summed E-state index contributed by atoms with van der Waals surface area (Å²) in [6.07, 6.45) is 0.0923. The minimum Gasteiger partial charge on any atom is -0.442 e. The van der Waals surface area contributed by atoms with Crippen LogP contribution in [0.4, 0.5) is 13.2 Å². The van der Waals surface area contributed by atoms with Gasteiger partial charge in [0.1, 0.15) is 17.6 Å². The summed E-state index contributed by atoms with van der Waals surface area (Å²) in [5, 5.41) is 5.77. The van der Waals surface area contributed by atoms with Gasteiger partial charge in [-0.25, -0.2) is 8.42 Å². The summed E-state index contributed by atoms with van der Waals surface area (Å²) in [6.45, 7) is 7.73. The number of oxazole rings is 1. The zero-order chi connectivity index (χ0) is 35.6. The van der Waals surface area contributed by atoms with Gasteiger partial charge in [-0.1, -0.05) is 46.2 Å². The Balaban J connectivity index is 1.38. The third kappa shape index (κ3) is 6.99. The van der Waals surface area contributed by atoms with E-state index in [1.54, 1.807) is 12.1 Å². The van der Waals surface area contributed by atoms with E-state index in [9.17, 15) is 40.8 Å². The number of rotatable bonds is 11. The molecule has 264 valence electrons. The molecule has 2 aromatic rings. The molecule has 2 aliphatic heterocycles. The molecule has 3 aliphatic rings. The normalized spacial score (nSPS) is 24.9. The summed E-state index contributed by atoms with van der Waals surface area (Å²) < 4.78 is 76.6. The van der Waals surface area contributed by atoms with Crippen LogP contribution in [0.2, 0.25) is 5.02 Å². The highest BCUT2D eigenvalue weighted by atomic mass is 35.5. The number of aromatic nitrogens is 1. The van der Waals surface area contributed by atoms with Crippen LogP contribution in [0.1, 0.15) is 47.5 Å². The Labute approximate surface area is 279 Å². The van der Waals surface area contributed by atoms with E-state index in [1.807, 2.05) is 13.8 Å². The summed E-state index contributed by atoms with van der Waals surface area (Å²) in [7, 11) is -5.92. The molecule has 5 rings (SSSR count). The first-order valence-electron chi connectivity index (χ1n) is 15.3. The molecule has 0 bridgehead atoms. The Hall–Kier alpha value is -3.44. The van der Waals surface area contributed by atoms with Crippen LogP contribution in [0.25, 0.3) is 11.1 Å². The molecule has 48 heavy (non-hydrogen) atoms. The Morgan fingerprint density at radius 3 is 2.52 bits per heavy atom. The predicted molar refractivity (Wildman–Crippen MR) is 165 cm³/mol. The van der Waals surface area contributed by atoms with Gasteiger partial charge >= 0.3 is 21.6 Å². The van der Waals surface area contributed by atoms with Crippen molar-refractivity contribution in [2.24, 2.45) is 28.6 Å². The predicted octanol–water partition coefficient (Wildman–Crippen LogP) is 2.78. The standard InChI is InChI=1S/C30H37ClF3N5O8S/c1-28(2,3)23(38-48(44,45)30(32,33)34)26(43)39-12-16-21(29(16,4)5)22(39)25(42)36-17(10-14-8-9-35-24(14)41)19(40)13-46-27-37-18-11-15(31)6-7-20(18)47-27/h6-7,11,14,16-17,21-23,38H,8-10,12-13H2,1-5H3,(H,35,41)(H,36,42)/t14-,16-,17-,21-,22-,23+/m0/s1. The number of ether oxygens (including phenoxy) is 1. The van der Waals surface area contributed by atoms with Crippen LogP contribution in [-0.2, 0) is 29.2 Å². The maximum absolute atomic E-state index is 14.0. The summed E-state index contributed by atoms with van der Waals surface area (Å²) in [5.74, 6) is -3.94. The summed E-state index contributed by atoms with van der Waals surface area (Å²) in [6, 6.07) is 0.342. The van der Waals surface area contributed by atoms with Crippen molar-refractivity contribution in [1.29, 1.82) is 0 Å². The molecule has 3 N–H and O–H groups in total. The van der Waals surface area contributed by atoms with E-state index in [0.717, 1.165) is 4.90 Å². The van der Waals surface area contributed by atoms with Crippen LogP contribution in [0.3, 0.4) is 0 Å². The van der Waals surface area contributed by atoms with Crippen LogP contribution in [0.5, 0.6) is 6.08 Å². The molecule has 0 spiro atoms. The van der Waals surface area contributed by atoms with Gasteiger partial charge in [-0.3, -0.25) is 19.2 Å². The van der Waals surface area contributed by atoms with E-state index in [2.05, 4.69) is 15.6 Å². The number of nitrogens with one attached hydrogen (secondary N) is 3. The van der Waals surface area contributed by atoms with Gasteiger partial charge in [-0.15, -0.1) is 0 Å². The molecular weight excluding hydrogens is 683 g/mol. The molecule has 6 atom stereocenters. The number of carbonyl (C=O) groups excluding carboxylic acids is 4. The average molecular weight is 720 g/mol. The van der Waals surface area contributed by atoms with Gasteiger partial charge in [0.25, 0.3) is 0 Å². The number of alkyl halides is 3. The quantitative estimate of drug-likeness (QED) is 0.315. The Kier molecular flexibility index (Phi) is 9.31. The van der Waals surface area contributed by atoms with Crippen molar-refractivity contribution in [3.8, 4) is 6.08 Å². The van der Waals surface area contributed by atoms with Crippen LogP contribution < -0.4 is 20.1 Å². The van der Waals surface area contributed by atoms with Crippen molar-refractivity contribution in [1.82, 2.24) is 25.2 Å². The third-order valence-electron chi connectivity index (χ3n) is 9.51. The lowest BCUT2D eigenvalue weighted by Gasteiger charge is -2.37. The van der Waals surface area contributed by atoms with Gasteiger partial charge in [0.15, 0.2) is 18.0 Å². The number of fused-ring (bicyclic) bond motifs is 2. The van der Waals surface area contributed by atoms with E-state index < -0.39 is 80.5 Å². The van der Waals surface area contributed by atoms with E-state index in [-0.39, 0.29) is 30.9 Å². The number of sulfonamides is 1. The minimum atomic E-state index is -5.92. The van der Waals surface area contributed by atoms with Crippen molar-refractivity contribution < 1.29 is 49.9 Å². The van der Waals surface area contributed by atoms with Crippen LogP contribution in [0.15, 0.2) is 22.6 Å².